The van der Waals surface area contributed by atoms with E-state index in [4.69, 9.17) is 9.47 Å². The maximum Gasteiger partial charge on any atom is 0.410 e. The molecule has 0 aromatic carbocycles. The van der Waals surface area contributed by atoms with Crippen LogP contribution in [0.1, 0.15) is 80.1 Å². The topological polar surface area (TPSA) is 76.7 Å². The van der Waals surface area contributed by atoms with Gasteiger partial charge in [-0.3, -0.25) is 4.79 Å². The van der Waals surface area contributed by atoms with Gasteiger partial charge >= 0.3 is 12.1 Å². The highest BCUT2D eigenvalue weighted by Crippen LogP contribution is 2.26. The Morgan fingerprint density at radius 2 is 1.71 bits per heavy atom. The molecule has 0 spiro atoms. The average molecular weight is 439 g/mol. The average Bonchev–Trinajstić information content (AvgIpc) is 2.71. The van der Waals surface area contributed by atoms with Crippen molar-refractivity contribution in [3.63, 3.8) is 0 Å². The Labute approximate surface area is 190 Å². The van der Waals surface area contributed by atoms with E-state index in [0.29, 0.717) is 31.3 Å². The molecule has 3 unspecified atom stereocenters. The van der Waals surface area contributed by atoms with Crippen LogP contribution in [-0.4, -0.2) is 38.5 Å². The number of hydrogen-bond donors (Lipinski definition) is 2. The molecule has 0 saturated carbocycles. The van der Waals surface area contributed by atoms with Crippen molar-refractivity contribution in [2.24, 2.45) is 17.8 Å². The monoisotopic (exact) mass is 438 g/mol. The summed E-state index contributed by atoms with van der Waals surface area (Å²) in [5, 5.41) is 5.54. The Morgan fingerprint density at radius 1 is 1.03 bits per heavy atom. The lowest BCUT2D eigenvalue weighted by Crippen LogP contribution is -2.35. The van der Waals surface area contributed by atoms with Crippen molar-refractivity contribution in [1.82, 2.24) is 10.6 Å². The Hall–Kier alpha value is -1.82. The SMILES string of the molecule is C=C(CCC(C)CC(C)CC(C)C(=O)O[C@H](CC)OC(=O)NCCNC)/C(C)=C/CC. The quantitative estimate of drug-likeness (QED) is 0.142. The summed E-state index contributed by atoms with van der Waals surface area (Å²) in [6.45, 7) is 17.7. The van der Waals surface area contributed by atoms with Gasteiger partial charge in [-0.05, 0) is 57.9 Å². The summed E-state index contributed by atoms with van der Waals surface area (Å²) in [4.78, 5) is 24.2. The number of rotatable bonds is 16. The minimum Gasteiger partial charge on any atom is -0.425 e. The van der Waals surface area contributed by atoms with E-state index in [1.54, 1.807) is 7.05 Å². The molecular formula is C25H46N2O4. The number of carbonyl (C=O) groups is 2. The predicted octanol–water partition coefficient (Wildman–Crippen LogP) is 5.59. The number of allylic oxidation sites excluding steroid dienone is 3. The summed E-state index contributed by atoms with van der Waals surface area (Å²) < 4.78 is 10.6. The first-order valence-electron chi connectivity index (χ1n) is 11.8. The van der Waals surface area contributed by atoms with Crippen molar-refractivity contribution in [2.45, 2.75) is 86.4 Å². The van der Waals surface area contributed by atoms with Crippen molar-refractivity contribution < 1.29 is 19.1 Å². The molecule has 6 nitrogen and oxygen atoms in total. The van der Waals surface area contributed by atoms with Crippen molar-refractivity contribution in [3.8, 4) is 0 Å². The van der Waals surface area contributed by atoms with Crippen LogP contribution in [0.2, 0.25) is 0 Å². The standard InChI is InChI=1S/C25H46N2O4/c1-9-11-20(5)21(6)13-12-18(3)16-19(4)17-22(7)24(28)30-23(10-2)31-25(29)27-15-14-26-8/h11,18-19,22-23,26H,6,9-10,12-17H2,1-5,7-8H3,(H,27,29)/b20-11+/t18?,19?,22?,23-/m0/s1. The van der Waals surface area contributed by atoms with Crippen LogP contribution in [0, 0.1) is 17.8 Å². The highest BCUT2D eigenvalue weighted by molar-refractivity contribution is 5.72. The van der Waals surface area contributed by atoms with Gasteiger partial charge in [0.1, 0.15) is 0 Å². The van der Waals surface area contributed by atoms with Crippen molar-refractivity contribution in [1.29, 1.82) is 0 Å². The fourth-order valence-corrected chi connectivity index (χ4v) is 3.56. The third kappa shape index (κ3) is 14.0. The molecule has 0 bridgehead atoms. The number of nitrogens with one attached hydrogen (secondary N) is 2. The number of esters is 1. The summed E-state index contributed by atoms with van der Waals surface area (Å²) in [6.07, 6.45) is 6.18. The van der Waals surface area contributed by atoms with Crippen LogP contribution in [0.3, 0.4) is 0 Å². The van der Waals surface area contributed by atoms with E-state index >= 15 is 0 Å². The van der Waals surface area contributed by atoms with Crippen LogP contribution >= 0.6 is 0 Å². The molecule has 4 atom stereocenters. The van der Waals surface area contributed by atoms with E-state index in [1.165, 1.54) is 11.1 Å². The summed E-state index contributed by atoms with van der Waals surface area (Å²) in [6, 6.07) is 0. The van der Waals surface area contributed by atoms with Crippen molar-refractivity contribution in [2.75, 3.05) is 20.1 Å². The fraction of sp³-hybridized carbons (Fsp3) is 0.760. The Balaban J connectivity index is 4.37. The molecule has 1 amide bonds. The van der Waals surface area contributed by atoms with Gasteiger partial charge in [0.25, 0.3) is 0 Å². The number of amides is 1. The van der Waals surface area contributed by atoms with Crippen LogP contribution in [0.5, 0.6) is 0 Å². The molecular weight excluding hydrogens is 392 g/mol. The highest BCUT2D eigenvalue weighted by atomic mass is 16.7. The van der Waals surface area contributed by atoms with E-state index in [-0.39, 0.29) is 11.9 Å². The van der Waals surface area contributed by atoms with Gasteiger partial charge in [-0.1, -0.05) is 58.4 Å². The molecule has 0 radical (unpaired) electrons. The zero-order valence-corrected chi connectivity index (χ0v) is 20.9. The smallest absolute Gasteiger partial charge is 0.410 e. The molecule has 0 fully saturated rings. The van der Waals surface area contributed by atoms with E-state index in [0.717, 1.165) is 32.1 Å². The Kier molecular flexibility index (Phi) is 15.8. The minimum absolute atomic E-state index is 0.239. The summed E-state index contributed by atoms with van der Waals surface area (Å²) in [5.74, 6) is 0.418. The Morgan fingerprint density at radius 3 is 2.29 bits per heavy atom. The van der Waals surface area contributed by atoms with Gasteiger partial charge < -0.3 is 20.1 Å². The second-order valence-corrected chi connectivity index (χ2v) is 8.73. The molecule has 0 aliphatic carbocycles. The molecule has 0 aliphatic heterocycles. The van der Waals surface area contributed by atoms with E-state index in [9.17, 15) is 9.59 Å². The second-order valence-electron chi connectivity index (χ2n) is 8.73. The van der Waals surface area contributed by atoms with Gasteiger partial charge in [0.05, 0.1) is 5.92 Å². The number of likely N-dealkylation sites (N-methyl/N-ethyl adjacent to an activating group) is 1. The van der Waals surface area contributed by atoms with E-state index in [1.807, 2.05) is 13.8 Å². The first-order valence-corrected chi connectivity index (χ1v) is 11.8. The molecule has 0 aliphatic rings. The van der Waals surface area contributed by atoms with Crippen molar-refractivity contribution in [3.05, 3.63) is 23.8 Å². The van der Waals surface area contributed by atoms with E-state index < -0.39 is 12.4 Å². The third-order valence-corrected chi connectivity index (χ3v) is 5.43. The van der Waals surface area contributed by atoms with Gasteiger partial charge in [-0.15, -0.1) is 0 Å². The first-order chi connectivity index (χ1) is 14.6. The lowest BCUT2D eigenvalue weighted by Gasteiger charge is -2.22. The molecule has 2 N–H and O–H groups in total. The van der Waals surface area contributed by atoms with Gasteiger partial charge in [-0.25, -0.2) is 4.79 Å². The van der Waals surface area contributed by atoms with Crippen LogP contribution in [-0.2, 0) is 14.3 Å². The predicted molar refractivity (Wildman–Crippen MR) is 128 cm³/mol. The molecule has 180 valence electrons. The van der Waals surface area contributed by atoms with E-state index in [2.05, 4.69) is 51.0 Å². The second kappa shape index (κ2) is 16.8. The number of hydrogen-bond acceptors (Lipinski definition) is 5. The Bertz CT molecular complexity index is 574. The summed E-state index contributed by atoms with van der Waals surface area (Å²) >= 11 is 0. The number of ether oxygens (including phenoxy) is 2. The third-order valence-electron chi connectivity index (χ3n) is 5.43. The number of alkyl carbamates (subject to hydrolysis) is 1. The van der Waals surface area contributed by atoms with Gasteiger partial charge in [0, 0.05) is 19.5 Å². The summed E-state index contributed by atoms with van der Waals surface area (Å²) in [5.41, 5.74) is 2.52. The van der Waals surface area contributed by atoms with Crippen molar-refractivity contribution >= 4 is 12.1 Å². The van der Waals surface area contributed by atoms with Crippen LogP contribution in [0.4, 0.5) is 4.79 Å². The molecule has 31 heavy (non-hydrogen) atoms. The zero-order valence-electron chi connectivity index (χ0n) is 20.9. The lowest BCUT2D eigenvalue weighted by atomic mass is 9.86. The van der Waals surface area contributed by atoms with Crippen LogP contribution in [0.25, 0.3) is 0 Å². The van der Waals surface area contributed by atoms with Gasteiger partial charge in [0.15, 0.2) is 0 Å². The highest BCUT2D eigenvalue weighted by Gasteiger charge is 2.23. The molecule has 0 aromatic heterocycles. The summed E-state index contributed by atoms with van der Waals surface area (Å²) in [7, 11) is 1.80. The van der Waals surface area contributed by atoms with Gasteiger partial charge in [-0.2, -0.15) is 0 Å². The van der Waals surface area contributed by atoms with Crippen LogP contribution < -0.4 is 10.6 Å². The molecule has 0 heterocycles. The maximum atomic E-state index is 12.5. The largest absolute Gasteiger partial charge is 0.425 e. The maximum absolute atomic E-state index is 12.5. The fourth-order valence-electron chi connectivity index (χ4n) is 3.56. The first kappa shape index (κ1) is 29.2. The normalized spacial score (nSPS) is 15.5. The minimum atomic E-state index is -0.857. The lowest BCUT2D eigenvalue weighted by molar-refractivity contribution is -0.173. The zero-order chi connectivity index (χ0) is 23.8. The molecule has 0 saturated heterocycles. The molecule has 0 aromatic rings. The van der Waals surface area contributed by atoms with Crippen LogP contribution in [0.15, 0.2) is 23.8 Å². The molecule has 0 rings (SSSR count). The number of carbonyl (C=O) groups excluding carboxylic acids is 2. The van der Waals surface area contributed by atoms with Gasteiger partial charge in [0.2, 0.25) is 6.29 Å². The molecule has 6 heteroatoms.